The van der Waals surface area contributed by atoms with E-state index in [2.05, 4.69) is 27.9 Å². The van der Waals surface area contributed by atoms with Gasteiger partial charge in [-0.05, 0) is 68.9 Å². The lowest BCUT2D eigenvalue weighted by Gasteiger charge is -2.17. The first-order valence-electron chi connectivity index (χ1n) is 11.3. The van der Waals surface area contributed by atoms with Crippen molar-refractivity contribution in [2.24, 2.45) is 11.5 Å². The molecule has 2 aromatic heterocycles. The molecule has 0 atom stereocenters. The SMILES string of the molecule is CC(C)(N)C#Cc1ccc(-c2cc3c(cn2)CCc2c-3[nH]c(C3(CN)CC3)c2C(=O)O)cc1. The number of carboxylic acids is 1. The van der Waals surface area contributed by atoms with Crippen LogP contribution >= 0.6 is 0 Å². The Balaban J connectivity index is 1.55. The van der Waals surface area contributed by atoms with Gasteiger partial charge in [0.2, 0.25) is 0 Å². The first-order chi connectivity index (χ1) is 15.7. The molecule has 6 N–H and O–H groups in total. The molecule has 0 radical (unpaired) electrons. The van der Waals surface area contributed by atoms with Crippen LogP contribution in [0.4, 0.5) is 0 Å². The summed E-state index contributed by atoms with van der Waals surface area (Å²) in [6.07, 6.45) is 5.22. The number of aromatic carboxylic acids is 1. The average molecular weight is 441 g/mol. The summed E-state index contributed by atoms with van der Waals surface area (Å²) in [4.78, 5) is 20.4. The summed E-state index contributed by atoms with van der Waals surface area (Å²) >= 11 is 0. The Hall–Kier alpha value is -3.40. The van der Waals surface area contributed by atoms with Gasteiger partial charge < -0.3 is 21.6 Å². The maximum absolute atomic E-state index is 12.2. The fraction of sp³-hybridized carbons (Fsp3) is 0.333. The van der Waals surface area contributed by atoms with Crippen molar-refractivity contribution in [3.63, 3.8) is 0 Å². The molecule has 6 nitrogen and oxygen atoms in total. The topological polar surface area (TPSA) is 118 Å². The van der Waals surface area contributed by atoms with Crippen molar-refractivity contribution in [2.75, 3.05) is 6.54 Å². The minimum atomic E-state index is -0.877. The molecule has 1 aromatic carbocycles. The second-order valence-corrected chi connectivity index (χ2v) is 9.79. The molecule has 0 bridgehead atoms. The fourth-order valence-electron chi connectivity index (χ4n) is 4.65. The highest BCUT2D eigenvalue weighted by atomic mass is 16.4. The first kappa shape index (κ1) is 21.4. The first-order valence-corrected chi connectivity index (χ1v) is 11.3. The van der Waals surface area contributed by atoms with Crippen LogP contribution in [-0.2, 0) is 18.3 Å². The van der Waals surface area contributed by atoms with Crippen LogP contribution in [0.5, 0.6) is 0 Å². The highest BCUT2D eigenvalue weighted by Crippen LogP contribution is 2.51. The number of aromatic nitrogens is 2. The molecule has 0 spiro atoms. The molecule has 2 heterocycles. The molecule has 0 saturated heterocycles. The van der Waals surface area contributed by atoms with Gasteiger partial charge in [-0.25, -0.2) is 4.79 Å². The smallest absolute Gasteiger partial charge is 0.337 e. The highest BCUT2D eigenvalue weighted by molar-refractivity contribution is 5.95. The van der Waals surface area contributed by atoms with E-state index in [-0.39, 0.29) is 5.41 Å². The number of H-pyrrole nitrogens is 1. The Bertz CT molecular complexity index is 1310. The second-order valence-electron chi connectivity index (χ2n) is 9.79. The third kappa shape index (κ3) is 3.84. The van der Waals surface area contributed by atoms with Crippen LogP contribution < -0.4 is 11.5 Å². The van der Waals surface area contributed by atoms with Gasteiger partial charge in [-0.15, -0.1) is 0 Å². The number of aryl methyl sites for hydroxylation is 1. The summed E-state index contributed by atoms with van der Waals surface area (Å²) in [6.45, 7) is 4.21. The maximum atomic E-state index is 12.2. The molecular formula is C27H28N4O2. The van der Waals surface area contributed by atoms with Crippen LogP contribution in [-0.4, -0.2) is 33.1 Å². The Labute approximate surface area is 193 Å². The maximum Gasteiger partial charge on any atom is 0.337 e. The van der Waals surface area contributed by atoms with E-state index in [1.165, 1.54) is 0 Å². The lowest BCUT2D eigenvalue weighted by molar-refractivity contribution is 0.0694. The summed E-state index contributed by atoms with van der Waals surface area (Å²) in [7, 11) is 0. The number of carboxylic acid groups (broad SMARTS) is 1. The van der Waals surface area contributed by atoms with E-state index in [9.17, 15) is 9.90 Å². The molecule has 2 aliphatic carbocycles. The van der Waals surface area contributed by atoms with Crippen molar-refractivity contribution in [1.82, 2.24) is 9.97 Å². The minimum Gasteiger partial charge on any atom is -0.478 e. The predicted octanol–water partition coefficient (Wildman–Crippen LogP) is 3.62. The Morgan fingerprint density at radius 2 is 1.97 bits per heavy atom. The number of nitrogens with zero attached hydrogens (tertiary/aromatic N) is 1. The summed E-state index contributed by atoms with van der Waals surface area (Å²) in [6, 6.07) is 10.00. The highest BCUT2D eigenvalue weighted by Gasteiger charge is 2.48. The number of nitrogens with two attached hydrogens (primary N) is 2. The summed E-state index contributed by atoms with van der Waals surface area (Å²) < 4.78 is 0. The zero-order valence-electron chi connectivity index (χ0n) is 19.0. The van der Waals surface area contributed by atoms with Gasteiger partial charge in [0.15, 0.2) is 0 Å². The van der Waals surface area contributed by atoms with E-state index in [0.717, 1.165) is 64.2 Å². The van der Waals surface area contributed by atoms with Gasteiger partial charge in [-0.1, -0.05) is 24.0 Å². The normalized spacial score (nSPS) is 15.8. The van der Waals surface area contributed by atoms with Gasteiger partial charge in [-0.3, -0.25) is 4.98 Å². The van der Waals surface area contributed by atoms with E-state index in [0.29, 0.717) is 18.5 Å². The van der Waals surface area contributed by atoms with Crippen molar-refractivity contribution in [3.8, 4) is 34.4 Å². The Morgan fingerprint density at radius 3 is 2.58 bits per heavy atom. The second kappa shape index (κ2) is 7.58. The molecular weight excluding hydrogens is 412 g/mol. The Kier molecular flexibility index (Phi) is 4.93. The quantitative estimate of drug-likeness (QED) is 0.462. The average Bonchev–Trinajstić information content (AvgIpc) is 3.49. The van der Waals surface area contributed by atoms with Gasteiger partial charge in [0.05, 0.1) is 22.5 Å². The van der Waals surface area contributed by atoms with E-state index in [1.807, 2.05) is 44.3 Å². The van der Waals surface area contributed by atoms with Crippen LogP contribution in [0, 0.1) is 11.8 Å². The Morgan fingerprint density at radius 1 is 1.24 bits per heavy atom. The van der Waals surface area contributed by atoms with Crippen LogP contribution in [0.25, 0.3) is 22.5 Å². The molecule has 2 aliphatic rings. The number of hydrogen-bond donors (Lipinski definition) is 4. The van der Waals surface area contributed by atoms with Crippen molar-refractivity contribution in [2.45, 2.75) is 50.5 Å². The van der Waals surface area contributed by atoms with E-state index in [4.69, 9.17) is 11.5 Å². The van der Waals surface area contributed by atoms with Crippen molar-refractivity contribution in [1.29, 1.82) is 0 Å². The number of nitrogens with one attached hydrogen (secondary N) is 1. The molecule has 0 amide bonds. The fourth-order valence-corrected chi connectivity index (χ4v) is 4.65. The summed E-state index contributed by atoms with van der Waals surface area (Å²) in [5, 5.41) is 10.0. The predicted molar refractivity (Wildman–Crippen MR) is 129 cm³/mol. The number of fused-ring (bicyclic) bond motifs is 3. The molecule has 168 valence electrons. The zero-order valence-corrected chi connectivity index (χ0v) is 19.0. The molecule has 5 rings (SSSR count). The number of hydrogen-bond acceptors (Lipinski definition) is 4. The third-order valence-corrected chi connectivity index (χ3v) is 6.70. The van der Waals surface area contributed by atoms with Crippen LogP contribution in [0.1, 0.15) is 59.4 Å². The van der Waals surface area contributed by atoms with Gasteiger partial charge in [0.25, 0.3) is 0 Å². The van der Waals surface area contributed by atoms with Gasteiger partial charge >= 0.3 is 5.97 Å². The van der Waals surface area contributed by atoms with Crippen LogP contribution in [0.15, 0.2) is 36.5 Å². The minimum absolute atomic E-state index is 0.226. The lowest BCUT2D eigenvalue weighted by Crippen LogP contribution is -2.29. The number of aromatic amines is 1. The monoisotopic (exact) mass is 440 g/mol. The van der Waals surface area contributed by atoms with Gasteiger partial charge in [0.1, 0.15) is 0 Å². The molecule has 33 heavy (non-hydrogen) atoms. The number of benzene rings is 1. The van der Waals surface area contributed by atoms with Crippen molar-refractivity contribution in [3.05, 3.63) is 64.5 Å². The van der Waals surface area contributed by atoms with Crippen LogP contribution in [0.2, 0.25) is 0 Å². The van der Waals surface area contributed by atoms with Crippen molar-refractivity contribution >= 4 is 5.97 Å². The third-order valence-electron chi connectivity index (χ3n) is 6.70. The van der Waals surface area contributed by atoms with E-state index >= 15 is 0 Å². The molecule has 3 aromatic rings. The lowest BCUT2D eigenvalue weighted by atomic mass is 9.87. The van der Waals surface area contributed by atoms with E-state index in [1.54, 1.807) is 0 Å². The number of pyridine rings is 1. The van der Waals surface area contributed by atoms with E-state index < -0.39 is 11.5 Å². The molecule has 6 heteroatoms. The van der Waals surface area contributed by atoms with Crippen molar-refractivity contribution < 1.29 is 9.90 Å². The van der Waals surface area contributed by atoms with Gasteiger partial charge in [-0.2, -0.15) is 0 Å². The van der Waals surface area contributed by atoms with Crippen LogP contribution in [0.3, 0.4) is 0 Å². The number of rotatable bonds is 4. The van der Waals surface area contributed by atoms with Gasteiger partial charge in [0, 0.05) is 40.5 Å². The molecule has 0 aliphatic heterocycles. The standard InChI is InChI=1S/C27H28N4O2/c1-26(2,29)10-9-16-3-5-17(6-4-16)21-13-20-18(14-30-21)7-8-19-22(25(32)33)24(31-23(19)20)27(15-28)11-12-27/h3-6,13-14,31H,7-8,11-12,15,28-29H2,1-2H3,(H,32,33). The largest absolute Gasteiger partial charge is 0.478 e. The molecule has 1 saturated carbocycles. The number of carbonyl (C=O) groups is 1. The summed E-state index contributed by atoms with van der Waals surface area (Å²) in [5.74, 6) is 5.27. The summed E-state index contributed by atoms with van der Waals surface area (Å²) in [5.41, 5.74) is 19.1. The zero-order chi connectivity index (χ0) is 23.4. The molecule has 1 fully saturated rings. The molecule has 0 unspecified atom stereocenters.